The first kappa shape index (κ1) is 22.4. The van der Waals surface area contributed by atoms with Crippen LogP contribution in [0.2, 0.25) is 0 Å². The fraction of sp³-hybridized carbons (Fsp3) is 0.273. The summed E-state index contributed by atoms with van der Waals surface area (Å²) in [5.74, 6) is 1.02. The Hall–Kier alpha value is -3.33. The van der Waals surface area contributed by atoms with Crippen molar-refractivity contribution in [1.29, 1.82) is 0 Å². The van der Waals surface area contributed by atoms with Crippen LogP contribution in [0.15, 0.2) is 47.6 Å². The lowest BCUT2D eigenvalue weighted by Crippen LogP contribution is -2.17. The van der Waals surface area contributed by atoms with Crippen molar-refractivity contribution in [1.82, 2.24) is 14.8 Å². The van der Waals surface area contributed by atoms with Gasteiger partial charge in [-0.25, -0.2) is 0 Å². The van der Waals surface area contributed by atoms with Gasteiger partial charge in [-0.05, 0) is 43.2 Å². The van der Waals surface area contributed by atoms with Crippen molar-refractivity contribution in [3.05, 3.63) is 59.4 Å². The largest absolute Gasteiger partial charge is 0.497 e. The molecule has 0 saturated carbocycles. The third-order valence-corrected chi connectivity index (χ3v) is 5.83. The minimum Gasteiger partial charge on any atom is -0.497 e. The molecule has 2 aromatic carbocycles. The van der Waals surface area contributed by atoms with E-state index in [1.807, 2.05) is 32.0 Å². The van der Waals surface area contributed by atoms with E-state index >= 15 is 0 Å². The van der Waals surface area contributed by atoms with Crippen molar-refractivity contribution in [2.24, 2.45) is 7.05 Å². The molecule has 0 aliphatic rings. The molecule has 1 aromatic heterocycles. The zero-order valence-corrected chi connectivity index (χ0v) is 18.7. The van der Waals surface area contributed by atoms with Crippen LogP contribution in [0.3, 0.4) is 0 Å². The highest BCUT2D eigenvalue weighted by Gasteiger charge is 2.15. The Balaban J connectivity index is 1.55. The maximum absolute atomic E-state index is 12.4. The number of benzene rings is 2. The van der Waals surface area contributed by atoms with Crippen molar-refractivity contribution in [3.63, 3.8) is 0 Å². The Bertz CT molecular complexity index is 1100. The number of amides is 2. The SMILES string of the molecule is COc1cccc(NC(=O)Cc2nnc(SCC(=O)Nc3cccc(C)c3C)n2C)c1. The Morgan fingerprint density at radius 2 is 1.84 bits per heavy atom. The third-order valence-electron chi connectivity index (χ3n) is 4.81. The van der Waals surface area contributed by atoms with Crippen LogP contribution in [0.1, 0.15) is 17.0 Å². The van der Waals surface area contributed by atoms with E-state index in [-0.39, 0.29) is 24.0 Å². The van der Waals surface area contributed by atoms with Crippen LogP contribution >= 0.6 is 11.8 Å². The van der Waals surface area contributed by atoms with Crippen LogP contribution in [0.25, 0.3) is 0 Å². The van der Waals surface area contributed by atoms with E-state index in [1.165, 1.54) is 11.8 Å². The van der Waals surface area contributed by atoms with Gasteiger partial charge in [-0.2, -0.15) is 0 Å². The Kier molecular flexibility index (Phi) is 7.30. The zero-order chi connectivity index (χ0) is 22.4. The number of carbonyl (C=O) groups excluding carboxylic acids is 2. The molecule has 2 amide bonds. The smallest absolute Gasteiger partial charge is 0.234 e. The molecule has 0 atom stereocenters. The Morgan fingerprint density at radius 3 is 2.61 bits per heavy atom. The first-order chi connectivity index (χ1) is 14.9. The zero-order valence-electron chi connectivity index (χ0n) is 17.9. The van der Waals surface area contributed by atoms with Crippen LogP contribution < -0.4 is 15.4 Å². The summed E-state index contributed by atoms with van der Waals surface area (Å²) in [6.07, 6.45) is 0.0654. The molecule has 162 valence electrons. The average Bonchev–Trinajstić information content (AvgIpc) is 3.09. The number of methoxy groups -OCH3 is 1. The topological polar surface area (TPSA) is 98.1 Å². The summed E-state index contributed by atoms with van der Waals surface area (Å²) in [6, 6.07) is 12.9. The van der Waals surface area contributed by atoms with Gasteiger partial charge in [-0.3, -0.25) is 9.59 Å². The van der Waals surface area contributed by atoms with Crippen LogP contribution in [0, 0.1) is 13.8 Å². The van der Waals surface area contributed by atoms with E-state index < -0.39 is 0 Å². The molecule has 0 aliphatic carbocycles. The second kappa shape index (κ2) is 10.1. The number of nitrogens with zero attached hydrogens (tertiary/aromatic N) is 3. The molecule has 0 fully saturated rings. The number of hydrogen-bond donors (Lipinski definition) is 2. The normalized spacial score (nSPS) is 10.6. The van der Waals surface area contributed by atoms with Crippen molar-refractivity contribution in [2.75, 3.05) is 23.5 Å². The van der Waals surface area contributed by atoms with Crippen molar-refractivity contribution >= 4 is 35.0 Å². The Morgan fingerprint density at radius 1 is 1.06 bits per heavy atom. The Labute approximate surface area is 185 Å². The van der Waals surface area contributed by atoms with Gasteiger partial charge < -0.3 is 19.9 Å². The fourth-order valence-corrected chi connectivity index (χ4v) is 3.61. The monoisotopic (exact) mass is 439 g/mol. The third kappa shape index (κ3) is 5.85. The molecule has 31 heavy (non-hydrogen) atoms. The molecule has 1 heterocycles. The van der Waals surface area contributed by atoms with Crippen LogP contribution in [0.5, 0.6) is 5.75 Å². The number of carbonyl (C=O) groups is 2. The second-order valence-electron chi connectivity index (χ2n) is 7.00. The molecule has 0 radical (unpaired) electrons. The highest BCUT2D eigenvalue weighted by molar-refractivity contribution is 7.99. The number of hydrogen-bond acceptors (Lipinski definition) is 6. The summed E-state index contributed by atoms with van der Waals surface area (Å²) in [5, 5.41) is 14.5. The fourth-order valence-electron chi connectivity index (χ4n) is 2.88. The van der Waals surface area contributed by atoms with Crippen molar-refractivity contribution < 1.29 is 14.3 Å². The predicted octanol–water partition coefficient (Wildman–Crippen LogP) is 3.35. The van der Waals surface area contributed by atoms with Gasteiger partial charge >= 0.3 is 0 Å². The first-order valence-corrected chi connectivity index (χ1v) is 10.7. The molecular weight excluding hydrogens is 414 g/mol. The maximum Gasteiger partial charge on any atom is 0.234 e. The number of aryl methyl sites for hydroxylation is 1. The molecular formula is C22H25N5O3S. The average molecular weight is 440 g/mol. The summed E-state index contributed by atoms with van der Waals surface area (Å²) in [6.45, 7) is 3.98. The lowest BCUT2D eigenvalue weighted by atomic mass is 10.1. The molecule has 0 bridgehead atoms. The maximum atomic E-state index is 12.4. The van der Waals surface area contributed by atoms with Gasteiger partial charge in [0, 0.05) is 24.5 Å². The van der Waals surface area contributed by atoms with Gasteiger partial charge in [0.15, 0.2) is 5.16 Å². The van der Waals surface area contributed by atoms with E-state index in [9.17, 15) is 9.59 Å². The van der Waals surface area contributed by atoms with Gasteiger partial charge in [0.2, 0.25) is 11.8 Å². The molecule has 3 rings (SSSR count). The van der Waals surface area contributed by atoms with Crippen LogP contribution in [-0.2, 0) is 23.1 Å². The molecule has 0 spiro atoms. The number of ether oxygens (including phenoxy) is 1. The number of rotatable bonds is 8. The van der Waals surface area contributed by atoms with Gasteiger partial charge in [-0.15, -0.1) is 10.2 Å². The molecule has 3 aromatic rings. The van der Waals surface area contributed by atoms with E-state index in [0.717, 1.165) is 16.8 Å². The minimum absolute atomic E-state index is 0.0654. The quantitative estimate of drug-likeness (QED) is 0.523. The summed E-state index contributed by atoms with van der Waals surface area (Å²) in [7, 11) is 3.35. The van der Waals surface area contributed by atoms with E-state index in [2.05, 4.69) is 20.8 Å². The standard InChI is InChI=1S/C22H25N5O3S/c1-14-7-5-10-18(15(14)2)24-21(29)13-31-22-26-25-19(27(22)3)12-20(28)23-16-8-6-9-17(11-16)30-4/h5-11H,12-13H2,1-4H3,(H,23,28)(H,24,29). The summed E-state index contributed by atoms with van der Waals surface area (Å²) in [5.41, 5.74) is 3.61. The molecule has 0 aliphatic heterocycles. The second-order valence-corrected chi connectivity index (χ2v) is 7.94. The van der Waals surface area contributed by atoms with Crippen LogP contribution in [-0.4, -0.2) is 39.4 Å². The van der Waals surface area contributed by atoms with Gasteiger partial charge in [0.25, 0.3) is 0 Å². The highest BCUT2D eigenvalue weighted by atomic mass is 32.2. The van der Waals surface area contributed by atoms with E-state index in [0.29, 0.717) is 22.4 Å². The molecule has 0 unspecified atom stereocenters. The van der Waals surface area contributed by atoms with E-state index in [4.69, 9.17) is 4.74 Å². The number of thioether (sulfide) groups is 1. The molecule has 8 nitrogen and oxygen atoms in total. The number of aromatic nitrogens is 3. The first-order valence-electron chi connectivity index (χ1n) is 9.68. The number of nitrogens with one attached hydrogen (secondary N) is 2. The lowest BCUT2D eigenvalue weighted by Gasteiger charge is -2.10. The summed E-state index contributed by atoms with van der Waals surface area (Å²) >= 11 is 1.27. The molecule has 2 N–H and O–H groups in total. The summed E-state index contributed by atoms with van der Waals surface area (Å²) in [4.78, 5) is 24.7. The van der Waals surface area contributed by atoms with E-state index in [1.54, 1.807) is 43.0 Å². The van der Waals surface area contributed by atoms with Crippen molar-refractivity contribution in [2.45, 2.75) is 25.4 Å². The van der Waals surface area contributed by atoms with Crippen LogP contribution in [0.4, 0.5) is 11.4 Å². The van der Waals surface area contributed by atoms with Gasteiger partial charge in [0.1, 0.15) is 11.6 Å². The van der Waals surface area contributed by atoms with Gasteiger partial charge in [-0.1, -0.05) is 30.0 Å². The minimum atomic E-state index is -0.215. The molecule has 0 saturated heterocycles. The number of anilines is 2. The predicted molar refractivity (Wildman–Crippen MR) is 122 cm³/mol. The van der Waals surface area contributed by atoms with Crippen molar-refractivity contribution in [3.8, 4) is 5.75 Å². The van der Waals surface area contributed by atoms with Gasteiger partial charge in [0.05, 0.1) is 19.3 Å². The highest BCUT2D eigenvalue weighted by Crippen LogP contribution is 2.21. The lowest BCUT2D eigenvalue weighted by molar-refractivity contribution is -0.116. The summed E-state index contributed by atoms with van der Waals surface area (Å²) < 4.78 is 6.88. The molecule has 9 heteroatoms.